The molecule has 0 amide bonds. The summed E-state index contributed by atoms with van der Waals surface area (Å²) in [6.45, 7) is 56.2. The van der Waals surface area contributed by atoms with Gasteiger partial charge in [-0.1, -0.05) is 0 Å². The van der Waals surface area contributed by atoms with Crippen LogP contribution in [0.3, 0.4) is 0 Å². The average molecular weight is 1140 g/mol. The Bertz CT molecular complexity index is 1850. The van der Waals surface area contributed by atoms with Crippen LogP contribution in [0.5, 0.6) is 0 Å². The molecule has 7 heterocycles. The zero-order valence-electron chi connectivity index (χ0n) is 57.3. The van der Waals surface area contributed by atoms with Gasteiger partial charge in [-0.15, -0.1) is 0 Å². The molecule has 0 radical (unpaired) electrons. The Labute approximate surface area is 493 Å². The van der Waals surface area contributed by atoms with E-state index in [1.807, 2.05) is 42.7 Å². The first-order valence-electron chi connectivity index (χ1n) is 30.9. The zero-order valence-corrected chi connectivity index (χ0v) is 57.3. The van der Waals surface area contributed by atoms with Gasteiger partial charge in [0.2, 0.25) is 17.8 Å². The van der Waals surface area contributed by atoms with E-state index in [0.717, 1.165) is 94.9 Å². The van der Waals surface area contributed by atoms with Crippen LogP contribution in [-0.2, 0) is 29.0 Å². The fourth-order valence-electron chi connectivity index (χ4n) is 20.0. The number of hydrogen-bond donors (Lipinski definition) is 0. The second-order valence-corrected chi connectivity index (χ2v) is 33.4. The number of aromatic nitrogens is 3. The molecule has 6 aliphatic rings. The molecular formula is C63H120N12O6. The maximum Gasteiger partial charge on any atom is 0.232 e. The fourth-order valence-corrected chi connectivity index (χ4v) is 20.0. The highest BCUT2D eigenvalue weighted by atomic mass is 16.7. The second kappa shape index (κ2) is 22.0. The molecule has 0 spiro atoms. The van der Waals surface area contributed by atoms with Crippen molar-refractivity contribution < 1.29 is 29.0 Å². The second-order valence-electron chi connectivity index (χ2n) is 33.4. The van der Waals surface area contributed by atoms with Gasteiger partial charge in [0.25, 0.3) is 0 Å². The van der Waals surface area contributed by atoms with Crippen molar-refractivity contribution in [2.45, 2.75) is 346 Å². The highest BCUT2D eigenvalue weighted by Gasteiger charge is 2.58. The van der Waals surface area contributed by atoms with E-state index in [2.05, 4.69) is 211 Å². The summed E-state index contributed by atoms with van der Waals surface area (Å²) in [7, 11) is 11.0. The van der Waals surface area contributed by atoms with Gasteiger partial charge in [0.1, 0.15) is 0 Å². The number of nitrogens with zero attached hydrogens (tertiary/aromatic N) is 12. The maximum atomic E-state index is 6.35. The summed E-state index contributed by atoms with van der Waals surface area (Å²) in [6.07, 6.45) is 10.1. The molecule has 0 aliphatic carbocycles. The molecule has 0 aromatic carbocycles. The van der Waals surface area contributed by atoms with Crippen LogP contribution in [0.2, 0.25) is 0 Å². The molecule has 1 aromatic rings. The Kier molecular flexibility index (Phi) is 18.0. The highest BCUT2D eigenvalue weighted by molar-refractivity contribution is 5.52. The summed E-state index contributed by atoms with van der Waals surface area (Å²) in [4.78, 5) is 64.8. The lowest BCUT2D eigenvalue weighted by Crippen LogP contribution is -2.69. The molecule has 6 saturated heterocycles. The van der Waals surface area contributed by atoms with Gasteiger partial charge >= 0.3 is 0 Å². The Morgan fingerprint density at radius 3 is 0.420 bits per heavy atom. The van der Waals surface area contributed by atoms with Gasteiger partial charge in [0.05, 0.1) is 42.7 Å². The van der Waals surface area contributed by atoms with Crippen molar-refractivity contribution >= 4 is 17.8 Å². The summed E-state index contributed by atoms with van der Waals surface area (Å²) in [5.74, 6) is 2.24. The van der Waals surface area contributed by atoms with E-state index < -0.39 is 0 Å². The SMILES string of the molecule is CON1C(C)(C)CC(N(c2nc(N(C3CC(C)(C)N(OC)C(C)(C)C3)C3CC(C)(C)N(OC)C(C)(C)C3)nc(N(C3CC(C)(C)N(OC)C(C)(C)C3)C3CC(C)(C)N(OC)C(C)(C)C3)n2)C2CC(C)(C)N(OC)C(C)(C)C2)CC1(C)C. The third kappa shape index (κ3) is 12.5. The first-order chi connectivity index (χ1) is 36.7. The predicted molar refractivity (Wildman–Crippen MR) is 327 cm³/mol. The summed E-state index contributed by atoms with van der Waals surface area (Å²) in [5.41, 5.74) is -3.92. The van der Waals surface area contributed by atoms with E-state index in [0.29, 0.717) is 0 Å². The van der Waals surface area contributed by atoms with Gasteiger partial charge in [-0.25, -0.2) is 0 Å². The van der Waals surface area contributed by atoms with Gasteiger partial charge in [-0.2, -0.15) is 45.3 Å². The van der Waals surface area contributed by atoms with Gasteiger partial charge in [-0.05, 0) is 243 Å². The molecule has 7 rings (SSSR count). The van der Waals surface area contributed by atoms with Crippen LogP contribution >= 0.6 is 0 Å². The zero-order chi connectivity index (χ0) is 61.2. The minimum absolute atomic E-state index is 0.0355. The minimum Gasteiger partial charge on any atom is -0.334 e. The lowest BCUT2D eigenvalue weighted by molar-refractivity contribution is -0.271. The van der Waals surface area contributed by atoms with Crippen LogP contribution in [-0.4, -0.2) is 191 Å². The Morgan fingerprint density at radius 1 is 0.235 bits per heavy atom. The van der Waals surface area contributed by atoms with Crippen molar-refractivity contribution in [3.63, 3.8) is 0 Å². The molecule has 0 saturated carbocycles. The molecule has 6 aliphatic heterocycles. The maximum absolute atomic E-state index is 6.35. The molecular weight excluding hydrogens is 1020 g/mol. The number of hydrogen-bond acceptors (Lipinski definition) is 18. The van der Waals surface area contributed by atoms with Crippen LogP contribution in [0.1, 0.15) is 243 Å². The summed E-state index contributed by atoms with van der Waals surface area (Å²) < 4.78 is 0. The van der Waals surface area contributed by atoms with E-state index in [1.165, 1.54) is 0 Å². The molecule has 6 fully saturated rings. The van der Waals surface area contributed by atoms with Crippen LogP contribution in [0.25, 0.3) is 0 Å². The number of hydroxylamine groups is 12. The van der Waals surface area contributed by atoms with Crippen LogP contribution in [0, 0.1) is 0 Å². The smallest absolute Gasteiger partial charge is 0.232 e. The molecule has 0 N–H and O–H groups in total. The van der Waals surface area contributed by atoms with E-state index in [1.54, 1.807) is 0 Å². The normalized spacial score (nSPS) is 29.4. The summed E-state index contributed by atoms with van der Waals surface area (Å²) in [6, 6.07) is 0.213. The van der Waals surface area contributed by atoms with Crippen LogP contribution < -0.4 is 14.7 Å². The Hall–Kier alpha value is -2.07. The van der Waals surface area contributed by atoms with Crippen molar-refractivity contribution in [1.82, 2.24) is 45.3 Å². The van der Waals surface area contributed by atoms with E-state index in [4.69, 9.17) is 44.0 Å². The van der Waals surface area contributed by atoms with Gasteiger partial charge in [-0.3, -0.25) is 0 Å². The first-order valence-corrected chi connectivity index (χ1v) is 30.9. The molecule has 0 unspecified atom stereocenters. The van der Waals surface area contributed by atoms with Crippen molar-refractivity contribution in [3.8, 4) is 0 Å². The monoisotopic (exact) mass is 1140 g/mol. The van der Waals surface area contributed by atoms with Crippen molar-refractivity contribution in [2.75, 3.05) is 57.4 Å². The average Bonchev–Trinajstić information content (AvgIpc) is 3.22. The highest BCUT2D eigenvalue weighted by Crippen LogP contribution is 2.52. The minimum atomic E-state index is -0.327. The van der Waals surface area contributed by atoms with Gasteiger partial charge < -0.3 is 43.7 Å². The molecule has 0 bridgehead atoms. The topological polar surface area (TPSA) is 123 Å². The Morgan fingerprint density at radius 2 is 0.333 bits per heavy atom. The quantitative estimate of drug-likeness (QED) is 0.165. The predicted octanol–water partition coefficient (Wildman–Crippen LogP) is 11.8. The largest absolute Gasteiger partial charge is 0.334 e. The molecule has 1 aromatic heterocycles. The number of piperidine rings is 6. The van der Waals surface area contributed by atoms with E-state index >= 15 is 0 Å². The molecule has 81 heavy (non-hydrogen) atoms. The summed E-state index contributed by atoms with van der Waals surface area (Å²) in [5, 5.41) is 13.4. The van der Waals surface area contributed by atoms with Crippen molar-refractivity contribution in [1.29, 1.82) is 0 Å². The van der Waals surface area contributed by atoms with Gasteiger partial charge in [0.15, 0.2) is 0 Å². The number of anilines is 3. The lowest BCUT2D eigenvalue weighted by Gasteiger charge is -2.60. The fraction of sp³-hybridized carbons (Fsp3) is 0.952. The third-order valence-corrected chi connectivity index (χ3v) is 20.2. The van der Waals surface area contributed by atoms with Crippen LogP contribution in [0.15, 0.2) is 0 Å². The van der Waals surface area contributed by atoms with E-state index in [9.17, 15) is 0 Å². The third-order valence-electron chi connectivity index (χ3n) is 20.2. The van der Waals surface area contributed by atoms with Crippen molar-refractivity contribution in [3.05, 3.63) is 0 Å². The first kappa shape index (κ1) is 66.5. The standard InChI is InChI=1S/C63H120N12O6/c1-52(2)31-43(32-53(3,4)70(52)76-25)67(44-33-54(5,6)71(77-26)55(7,8)34-44)49-64-50(68(45-35-56(9,10)72(78-27)57(11,12)36-45)46-37-58(13,14)73(79-28)59(15,16)38-46)66-51(65-49)69(47-39-60(17,18)74(80-29)61(19,20)40-47)48-41-62(21,22)75(81-30)63(23,24)42-48/h43-48H,31-42H2,1-30H3. The number of rotatable bonds is 15. The lowest BCUT2D eigenvalue weighted by atomic mass is 9.74. The van der Waals surface area contributed by atoms with Crippen LogP contribution in [0.4, 0.5) is 17.8 Å². The van der Waals surface area contributed by atoms with Gasteiger partial charge in [0, 0.05) is 103 Å². The molecule has 18 heteroatoms. The Balaban J connectivity index is 1.63. The van der Waals surface area contributed by atoms with Crippen molar-refractivity contribution in [2.24, 2.45) is 0 Å². The molecule has 468 valence electrons. The molecule has 0 atom stereocenters. The summed E-state index contributed by atoms with van der Waals surface area (Å²) >= 11 is 0. The molecule has 18 nitrogen and oxygen atoms in total. The van der Waals surface area contributed by atoms with E-state index in [-0.39, 0.29) is 103 Å².